The summed E-state index contributed by atoms with van der Waals surface area (Å²) in [4.78, 5) is 28.2. The van der Waals surface area contributed by atoms with E-state index in [1.165, 1.54) is 0 Å². The van der Waals surface area contributed by atoms with Crippen LogP contribution in [0.3, 0.4) is 0 Å². The molecule has 1 fully saturated rings. The molecule has 7 heteroatoms. The van der Waals surface area contributed by atoms with E-state index in [1.807, 2.05) is 23.1 Å². The second-order valence-electron chi connectivity index (χ2n) is 5.46. The van der Waals surface area contributed by atoms with Crippen LogP contribution in [0.4, 0.5) is 11.4 Å². The van der Waals surface area contributed by atoms with Crippen LogP contribution in [0, 0.1) is 0 Å². The molecule has 22 heavy (non-hydrogen) atoms. The second kappa shape index (κ2) is 6.05. The van der Waals surface area contributed by atoms with Crippen molar-refractivity contribution in [3.63, 3.8) is 0 Å². The maximum Gasteiger partial charge on any atom is 0.303 e. The maximum absolute atomic E-state index is 11.4. The number of rotatable bonds is 6. The first-order valence-electron chi connectivity index (χ1n) is 7.34. The molecular formula is C15H18N4O3. The Balaban J connectivity index is 1.58. The van der Waals surface area contributed by atoms with Gasteiger partial charge in [-0.1, -0.05) is 0 Å². The standard InChI is InChI=1S/C15H18N4O3/c20-13-9-19-8-10-7-11(16-6-2-1-3-14(21)22)4-5-12(10)17-15(19)18-13/h4-5,7,16H,1-3,6,8-9H2,(H,21,22)(H,17,18,20). The number of hydrogen-bond acceptors (Lipinski definition) is 5. The molecule has 3 N–H and O–H groups in total. The first-order valence-corrected chi connectivity index (χ1v) is 7.34. The Hall–Kier alpha value is -2.57. The summed E-state index contributed by atoms with van der Waals surface area (Å²) in [6.07, 6.45) is 1.69. The third-order valence-corrected chi connectivity index (χ3v) is 3.70. The van der Waals surface area contributed by atoms with Gasteiger partial charge in [-0.2, -0.15) is 0 Å². The molecule has 7 nitrogen and oxygen atoms in total. The molecule has 0 radical (unpaired) electrons. The first kappa shape index (κ1) is 14.4. The molecule has 2 heterocycles. The van der Waals surface area contributed by atoms with Gasteiger partial charge in [0, 0.05) is 25.2 Å². The van der Waals surface area contributed by atoms with E-state index >= 15 is 0 Å². The molecule has 0 bridgehead atoms. The van der Waals surface area contributed by atoms with Crippen molar-refractivity contribution in [1.82, 2.24) is 10.2 Å². The molecule has 1 amide bonds. The van der Waals surface area contributed by atoms with Gasteiger partial charge in [-0.3, -0.25) is 14.9 Å². The Morgan fingerprint density at radius 1 is 1.36 bits per heavy atom. The molecule has 0 atom stereocenters. The van der Waals surface area contributed by atoms with Gasteiger partial charge in [0.05, 0.1) is 5.69 Å². The Kier molecular flexibility index (Phi) is 3.95. The zero-order valence-corrected chi connectivity index (χ0v) is 12.1. The summed E-state index contributed by atoms with van der Waals surface area (Å²) in [5.74, 6) is -0.147. The number of unbranched alkanes of at least 4 members (excludes halogenated alkanes) is 1. The van der Waals surface area contributed by atoms with Gasteiger partial charge < -0.3 is 15.3 Å². The summed E-state index contributed by atoms with van der Waals surface area (Å²) >= 11 is 0. The zero-order valence-electron chi connectivity index (χ0n) is 12.1. The number of amides is 1. The summed E-state index contributed by atoms with van der Waals surface area (Å²) in [7, 11) is 0. The number of aliphatic imine (C=N–C) groups is 1. The quantitative estimate of drug-likeness (QED) is 0.688. The topological polar surface area (TPSA) is 94.0 Å². The van der Waals surface area contributed by atoms with Crippen LogP contribution >= 0.6 is 0 Å². The Morgan fingerprint density at radius 3 is 3.05 bits per heavy atom. The van der Waals surface area contributed by atoms with Crippen LogP contribution in [0.5, 0.6) is 0 Å². The number of aliphatic carboxylic acids is 1. The van der Waals surface area contributed by atoms with E-state index in [9.17, 15) is 9.59 Å². The van der Waals surface area contributed by atoms with Crippen LogP contribution in [0.25, 0.3) is 0 Å². The average molecular weight is 302 g/mol. The highest BCUT2D eigenvalue weighted by Crippen LogP contribution is 2.29. The molecule has 1 saturated heterocycles. The highest BCUT2D eigenvalue weighted by Gasteiger charge is 2.28. The molecule has 3 rings (SSSR count). The van der Waals surface area contributed by atoms with Crippen LogP contribution in [-0.4, -0.2) is 40.9 Å². The molecule has 1 aromatic rings. The minimum atomic E-state index is -0.754. The summed E-state index contributed by atoms with van der Waals surface area (Å²) < 4.78 is 0. The fourth-order valence-corrected chi connectivity index (χ4v) is 2.61. The molecule has 0 aromatic heterocycles. The van der Waals surface area contributed by atoms with Gasteiger partial charge in [-0.05, 0) is 36.6 Å². The lowest BCUT2D eigenvalue weighted by molar-refractivity contribution is -0.137. The number of nitrogens with one attached hydrogen (secondary N) is 2. The van der Waals surface area contributed by atoms with Crippen molar-refractivity contribution in [2.75, 3.05) is 18.4 Å². The predicted octanol–water partition coefficient (Wildman–Crippen LogP) is 1.29. The van der Waals surface area contributed by atoms with Crippen LogP contribution < -0.4 is 10.6 Å². The summed E-state index contributed by atoms with van der Waals surface area (Å²) in [6, 6.07) is 5.92. The van der Waals surface area contributed by atoms with E-state index in [4.69, 9.17) is 5.11 Å². The number of benzene rings is 1. The molecular weight excluding hydrogens is 284 g/mol. The van der Waals surface area contributed by atoms with Crippen molar-refractivity contribution in [3.05, 3.63) is 23.8 Å². The van der Waals surface area contributed by atoms with Crippen LogP contribution in [0.1, 0.15) is 24.8 Å². The monoisotopic (exact) mass is 302 g/mol. The van der Waals surface area contributed by atoms with Crippen LogP contribution in [0.2, 0.25) is 0 Å². The Morgan fingerprint density at radius 2 is 2.23 bits per heavy atom. The smallest absolute Gasteiger partial charge is 0.303 e. The summed E-state index contributed by atoms with van der Waals surface area (Å²) in [6.45, 7) is 1.76. The van der Waals surface area contributed by atoms with E-state index in [1.54, 1.807) is 0 Å². The lowest BCUT2D eigenvalue weighted by atomic mass is 10.1. The Bertz CT molecular complexity index is 642. The van der Waals surface area contributed by atoms with E-state index in [0.717, 1.165) is 29.9 Å². The van der Waals surface area contributed by atoms with Gasteiger partial charge in [0.25, 0.3) is 0 Å². The zero-order chi connectivity index (χ0) is 15.5. The third-order valence-electron chi connectivity index (χ3n) is 3.70. The predicted molar refractivity (Wildman–Crippen MR) is 82.1 cm³/mol. The highest BCUT2D eigenvalue weighted by atomic mass is 16.4. The lowest BCUT2D eigenvalue weighted by Gasteiger charge is -2.23. The number of carboxylic acid groups (broad SMARTS) is 1. The molecule has 2 aliphatic heterocycles. The van der Waals surface area contributed by atoms with Crippen molar-refractivity contribution < 1.29 is 14.7 Å². The van der Waals surface area contributed by atoms with Crippen molar-refractivity contribution in [3.8, 4) is 0 Å². The number of anilines is 1. The van der Waals surface area contributed by atoms with Gasteiger partial charge in [0.2, 0.25) is 11.9 Å². The number of hydrogen-bond donors (Lipinski definition) is 3. The minimum Gasteiger partial charge on any atom is -0.481 e. The van der Waals surface area contributed by atoms with E-state index in [-0.39, 0.29) is 12.3 Å². The normalized spacial score (nSPS) is 15.7. The van der Waals surface area contributed by atoms with Gasteiger partial charge in [-0.25, -0.2) is 4.99 Å². The molecule has 0 unspecified atom stereocenters. The molecule has 0 aliphatic carbocycles. The van der Waals surface area contributed by atoms with Crippen molar-refractivity contribution >= 4 is 29.2 Å². The van der Waals surface area contributed by atoms with E-state index in [0.29, 0.717) is 25.5 Å². The SMILES string of the molecule is O=C(O)CCCCNc1ccc2c(c1)CN1CC(=O)NC1=N2. The molecule has 116 valence electrons. The number of fused-ring (bicyclic) bond motifs is 2. The van der Waals surface area contributed by atoms with Crippen molar-refractivity contribution in [1.29, 1.82) is 0 Å². The highest BCUT2D eigenvalue weighted by molar-refractivity contribution is 6.05. The van der Waals surface area contributed by atoms with Crippen LogP contribution in [-0.2, 0) is 16.1 Å². The lowest BCUT2D eigenvalue weighted by Crippen LogP contribution is -2.32. The minimum absolute atomic E-state index is 0.0247. The number of carbonyl (C=O) groups excluding carboxylic acids is 1. The molecule has 1 aromatic carbocycles. The van der Waals surface area contributed by atoms with E-state index in [2.05, 4.69) is 15.6 Å². The third kappa shape index (κ3) is 3.19. The van der Waals surface area contributed by atoms with E-state index < -0.39 is 5.97 Å². The fraction of sp³-hybridized carbons (Fsp3) is 0.400. The van der Waals surface area contributed by atoms with Gasteiger partial charge in [-0.15, -0.1) is 0 Å². The fourth-order valence-electron chi connectivity index (χ4n) is 2.61. The van der Waals surface area contributed by atoms with Gasteiger partial charge >= 0.3 is 5.97 Å². The average Bonchev–Trinajstić information content (AvgIpc) is 2.83. The second-order valence-corrected chi connectivity index (χ2v) is 5.46. The molecule has 0 saturated carbocycles. The largest absolute Gasteiger partial charge is 0.481 e. The number of carboxylic acids is 1. The van der Waals surface area contributed by atoms with Crippen molar-refractivity contribution in [2.45, 2.75) is 25.8 Å². The molecule has 2 aliphatic rings. The number of guanidine groups is 1. The summed E-state index contributed by atoms with van der Waals surface area (Å²) in [5.41, 5.74) is 2.95. The molecule has 0 spiro atoms. The maximum atomic E-state index is 11.4. The first-order chi connectivity index (χ1) is 10.6. The summed E-state index contributed by atoms with van der Waals surface area (Å²) in [5, 5.41) is 14.6. The van der Waals surface area contributed by atoms with Crippen LogP contribution in [0.15, 0.2) is 23.2 Å². The van der Waals surface area contributed by atoms with Gasteiger partial charge in [0.1, 0.15) is 6.54 Å². The van der Waals surface area contributed by atoms with Crippen molar-refractivity contribution in [2.24, 2.45) is 4.99 Å². The Labute approximate surface area is 128 Å². The van der Waals surface area contributed by atoms with Gasteiger partial charge in [0.15, 0.2) is 0 Å². The number of carbonyl (C=O) groups is 2. The number of nitrogens with zero attached hydrogens (tertiary/aromatic N) is 2.